The number of aromatic nitrogens is 4. The summed E-state index contributed by atoms with van der Waals surface area (Å²) >= 11 is 0. The lowest BCUT2D eigenvalue weighted by molar-refractivity contribution is 0.0377. The molecule has 1 aliphatic rings. The summed E-state index contributed by atoms with van der Waals surface area (Å²) in [6.07, 6.45) is 2.46. The molecule has 0 bridgehead atoms. The van der Waals surface area contributed by atoms with Crippen molar-refractivity contribution in [3.63, 3.8) is 0 Å². The van der Waals surface area contributed by atoms with Gasteiger partial charge in [-0.05, 0) is 76.3 Å². The van der Waals surface area contributed by atoms with Crippen LogP contribution in [0.1, 0.15) is 52.5 Å². The van der Waals surface area contributed by atoms with Crippen molar-refractivity contribution in [1.29, 1.82) is 0 Å². The second kappa shape index (κ2) is 9.93. The molecule has 0 spiro atoms. The van der Waals surface area contributed by atoms with Crippen molar-refractivity contribution in [2.24, 2.45) is 0 Å². The van der Waals surface area contributed by atoms with Crippen molar-refractivity contribution in [1.82, 2.24) is 24.9 Å². The summed E-state index contributed by atoms with van der Waals surface area (Å²) in [4.78, 5) is 17.8. The van der Waals surface area contributed by atoms with E-state index in [-0.39, 0.29) is 6.09 Å². The number of ether oxygens (including phenoxy) is 1. The van der Waals surface area contributed by atoms with Crippen LogP contribution in [0, 0.1) is 0 Å². The third-order valence-corrected chi connectivity index (χ3v) is 7.43. The summed E-state index contributed by atoms with van der Waals surface area (Å²) in [5, 5.41) is 15.1. The van der Waals surface area contributed by atoms with Crippen LogP contribution in [0.2, 0.25) is 0 Å². The minimum atomic E-state index is -0.541. The number of hydrogen-bond donors (Lipinski definition) is 2. The maximum atomic E-state index is 12.6. The number of amides is 1. The van der Waals surface area contributed by atoms with Crippen LogP contribution in [0.25, 0.3) is 39.1 Å². The quantitative estimate of drug-likeness (QED) is 0.245. The number of anilines is 1. The monoisotopic (exact) mass is 534 g/mol. The highest BCUT2D eigenvalue weighted by atomic mass is 16.6. The molecule has 0 aliphatic heterocycles. The lowest BCUT2D eigenvalue weighted by Gasteiger charge is -2.43. The molecule has 204 valence electrons. The Morgan fingerprint density at radius 2 is 1.73 bits per heavy atom. The van der Waals surface area contributed by atoms with E-state index in [1.54, 1.807) is 0 Å². The molecule has 1 amide bonds. The first-order valence-corrected chi connectivity index (χ1v) is 13.9. The van der Waals surface area contributed by atoms with Crippen molar-refractivity contribution in [3.05, 3.63) is 78.4 Å². The predicted molar refractivity (Wildman–Crippen MR) is 158 cm³/mol. The first-order valence-electron chi connectivity index (χ1n) is 13.9. The van der Waals surface area contributed by atoms with E-state index in [1.807, 2.05) is 62.4 Å². The average Bonchev–Trinajstić information content (AvgIpc) is 3.33. The van der Waals surface area contributed by atoms with Crippen LogP contribution in [0.15, 0.2) is 72.8 Å². The first-order chi connectivity index (χ1) is 19.3. The number of carbonyl (C=O) groups excluding carboxylic acids is 1. The van der Waals surface area contributed by atoms with Crippen molar-refractivity contribution >= 4 is 28.7 Å². The molecule has 5 aromatic rings. The number of rotatable bonds is 6. The van der Waals surface area contributed by atoms with Crippen LogP contribution in [-0.2, 0) is 10.3 Å². The van der Waals surface area contributed by atoms with E-state index in [0.717, 1.165) is 70.4 Å². The topological polar surface area (TPSA) is 93.4 Å². The number of pyridine rings is 2. The summed E-state index contributed by atoms with van der Waals surface area (Å²) in [7, 11) is 0. The molecule has 40 heavy (non-hydrogen) atoms. The van der Waals surface area contributed by atoms with E-state index in [1.165, 1.54) is 0 Å². The number of benzene rings is 2. The largest absolute Gasteiger partial charge is 0.444 e. The van der Waals surface area contributed by atoms with Gasteiger partial charge in [-0.2, -0.15) is 0 Å². The number of nitrogens with one attached hydrogen (secondary N) is 2. The second-order valence-electron chi connectivity index (χ2n) is 11.4. The highest BCUT2D eigenvalue weighted by Crippen LogP contribution is 2.42. The molecule has 8 nitrogen and oxygen atoms in total. The zero-order chi connectivity index (χ0) is 27.9. The molecule has 8 heteroatoms. The number of nitrogens with zero attached hydrogens (tertiary/aromatic N) is 4. The summed E-state index contributed by atoms with van der Waals surface area (Å²) in [6.45, 7) is 8.42. The van der Waals surface area contributed by atoms with Crippen LogP contribution in [0.3, 0.4) is 0 Å². The van der Waals surface area contributed by atoms with Gasteiger partial charge >= 0.3 is 6.09 Å². The molecule has 6 rings (SSSR count). The fraction of sp³-hybridized carbons (Fsp3) is 0.312. The molecule has 0 saturated heterocycles. The van der Waals surface area contributed by atoms with E-state index in [4.69, 9.17) is 9.72 Å². The molecule has 2 N–H and O–H groups in total. The van der Waals surface area contributed by atoms with E-state index >= 15 is 0 Å². The zero-order valence-electron chi connectivity index (χ0n) is 23.4. The Kier molecular flexibility index (Phi) is 6.41. The lowest BCUT2D eigenvalue weighted by Crippen LogP contribution is -2.52. The maximum Gasteiger partial charge on any atom is 0.408 e. The van der Waals surface area contributed by atoms with Gasteiger partial charge in [0.1, 0.15) is 5.60 Å². The predicted octanol–water partition coefficient (Wildman–Crippen LogP) is 6.95. The Morgan fingerprint density at radius 3 is 2.38 bits per heavy atom. The molecular weight excluding hydrogens is 500 g/mol. The van der Waals surface area contributed by atoms with Gasteiger partial charge in [-0.25, -0.2) is 9.78 Å². The summed E-state index contributed by atoms with van der Waals surface area (Å²) in [6, 6.07) is 24.9. The number of fused-ring (bicyclic) bond motifs is 3. The van der Waals surface area contributed by atoms with Crippen LogP contribution in [0.4, 0.5) is 10.7 Å². The molecule has 1 fully saturated rings. The third kappa shape index (κ3) is 4.74. The van der Waals surface area contributed by atoms with E-state index < -0.39 is 11.1 Å². The fourth-order valence-corrected chi connectivity index (χ4v) is 5.41. The highest BCUT2D eigenvalue weighted by molar-refractivity contribution is 5.91. The standard InChI is InChI=1S/C32H34N6O2/c1-5-33-29-37-36-27-17-16-25-26(38(27)29)20-24(21-10-7-6-8-11-21)28(34-25)22-12-14-23(15-13-22)32(18-9-19-32)35-30(39)40-31(2,3)4/h6-8,10-17,20H,5,9,18-19H2,1-4H3,(H,33,37)(H,35,39). The van der Waals surface area contributed by atoms with Crippen LogP contribution in [0.5, 0.6) is 0 Å². The Morgan fingerprint density at radius 1 is 0.975 bits per heavy atom. The minimum absolute atomic E-state index is 0.379. The van der Waals surface area contributed by atoms with Gasteiger partial charge < -0.3 is 15.4 Å². The molecule has 3 aromatic heterocycles. The normalized spacial score (nSPS) is 14.6. The van der Waals surface area contributed by atoms with Gasteiger partial charge in [-0.3, -0.25) is 4.40 Å². The SMILES string of the molecule is CCNc1nnc2ccc3nc(-c4ccc(C5(NC(=O)OC(C)(C)C)CCC5)cc4)c(-c4ccccc4)cc3n12. The molecule has 0 radical (unpaired) electrons. The number of alkyl carbamates (subject to hydrolysis) is 1. The van der Waals surface area contributed by atoms with Gasteiger partial charge in [0.15, 0.2) is 5.65 Å². The van der Waals surface area contributed by atoms with Crippen molar-refractivity contribution in [2.45, 2.75) is 58.1 Å². The van der Waals surface area contributed by atoms with E-state index in [9.17, 15) is 4.79 Å². The summed E-state index contributed by atoms with van der Waals surface area (Å²) in [5.41, 5.74) is 6.70. The molecule has 2 aromatic carbocycles. The van der Waals surface area contributed by atoms with Gasteiger partial charge in [0.05, 0.1) is 22.3 Å². The average molecular weight is 535 g/mol. The first kappa shape index (κ1) is 25.8. The van der Waals surface area contributed by atoms with Gasteiger partial charge in [-0.1, -0.05) is 54.6 Å². The molecule has 0 unspecified atom stereocenters. The zero-order valence-corrected chi connectivity index (χ0v) is 23.4. The summed E-state index contributed by atoms with van der Waals surface area (Å²) in [5.74, 6) is 0.698. The maximum absolute atomic E-state index is 12.6. The Hall–Kier alpha value is -4.46. The Balaban J connectivity index is 1.43. The van der Waals surface area contributed by atoms with Crippen molar-refractivity contribution in [2.75, 3.05) is 11.9 Å². The molecule has 1 aliphatic carbocycles. The van der Waals surface area contributed by atoms with Crippen molar-refractivity contribution < 1.29 is 9.53 Å². The number of hydrogen-bond acceptors (Lipinski definition) is 6. The van der Waals surface area contributed by atoms with Gasteiger partial charge in [0.2, 0.25) is 5.95 Å². The Bertz CT molecular complexity index is 1680. The van der Waals surface area contributed by atoms with Crippen LogP contribution >= 0.6 is 0 Å². The smallest absolute Gasteiger partial charge is 0.408 e. The number of carbonyl (C=O) groups is 1. The third-order valence-electron chi connectivity index (χ3n) is 7.43. The van der Waals surface area contributed by atoms with Gasteiger partial charge in [-0.15, -0.1) is 10.2 Å². The summed E-state index contributed by atoms with van der Waals surface area (Å²) < 4.78 is 7.58. The second-order valence-corrected chi connectivity index (χ2v) is 11.4. The van der Waals surface area contributed by atoms with Crippen molar-refractivity contribution in [3.8, 4) is 22.4 Å². The fourth-order valence-electron chi connectivity index (χ4n) is 5.41. The van der Waals surface area contributed by atoms with E-state index in [0.29, 0.717) is 5.95 Å². The van der Waals surface area contributed by atoms with E-state index in [2.05, 4.69) is 63.3 Å². The Labute approximate surface area is 233 Å². The van der Waals surface area contributed by atoms with Gasteiger partial charge in [0, 0.05) is 17.7 Å². The lowest BCUT2D eigenvalue weighted by atomic mass is 9.71. The molecule has 0 atom stereocenters. The van der Waals surface area contributed by atoms with Gasteiger partial charge in [0.25, 0.3) is 0 Å². The minimum Gasteiger partial charge on any atom is -0.444 e. The van der Waals surface area contributed by atoms with Crippen LogP contribution in [-0.4, -0.2) is 37.8 Å². The van der Waals surface area contributed by atoms with Crippen LogP contribution < -0.4 is 10.6 Å². The molecule has 1 saturated carbocycles. The highest BCUT2D eigenvalue weighted by Gasteiger charge is 2.41. The molecule has 3 heterocycles. The molecular formula is C32H34N6O2.